The molecule has 0 amide bonds. The third-order valence-corrected chi connectivity index (χ3v) is 4.95. The quantitative estimate of drug-likeness (QED) is 0.622. The van der Waals surface area contributed by atoms with Gasteiger partial charge in [0.05, 0.1) is 5.69 Å². The van der Waals surface area contributed by atoms with Crippen molar-refractivity contribution in [3.8, 4) is 0 Å². The van der Waals surface area contributed by atoms with Gasteiger partial charge in [0.1, 0.15) is 0 Å². The van der Waals surface area contributed by atoms with Gasteiger partial charge in [0.15, 0.2) is 0 Å². The van der Waals surface area contributed by atoms with Crippen LogP contribution >= 0.6 is 59.1 Å². The highest BCUT2D eigenvalue weighted by molar-refractivity contribution is 9.11. The summed E-state index contributed by atoms with van der Waals surface area (Å²) in [5, 5.41) is 3.43. The minimum atomic E-state index is 0.845. The van der Waals surface area contributed by atoms with E-state index in [0.29, 0.717) is 0 Å². The molecule has 0 unspecified atom stereocenters. The number of nitrogens with one attached hydrogen (secondary N) is 1. The average molecular weight is 440 g/mol. The predicted octanol–water partition coefficient (Wildman–Crippen LogP) is 5.96. The molecule has 0 aliphatic heterocycles. The maximum atomic E-state index is 3.56. The van der Waals surface area contributed by atoms with Crippen LogP contribution in [0.4, 0.5) is 5.69 Å². The van der Waals surface area contributed by atoms with Gasteiger partial charge in [-0.25, -0.2) is 0 Å². The number of halogens is 3. The molecule has 0 saturated carbocycles. The van der Waals surface area contributed by atoms with Crippen LogP contribution in [0.15, 0.2) is 37.7 Å². The first-order valence-electron chi connectivity index (χ1n) is 5.00. The zero-order chi connectivity index (χ0) is 12.4. The summed E-state index contributed by atoms with van der Waals surface area (Å²) < 4.78 is 3.15. The van der Waals surface area contributed by atoms with Crippen LogP contribution in [0.1, 0.15) is 9.75 Å². The van der Waals surface area contributed by atoms with Gasteiger partial charge >= 0.3 is 0 Å². The fourth-order valence-electron chi connectivity index (χ4n) is 1.47. The van der Waals surface area contributed by atoms with Gasteiger partial charge in [0.25, 0.3) is 0 Å². The first kappa shape index (κ1) is 13.6. The van der Waals surface area contributed by atoms with Crippen molar-refractivity contribution in [2.75, 3.05) is 5.32 Å². The lowest BCUT2D eigenvalue weighted by molar-refractivity contribution is 1.18. The van der Waals surface area contributed by atoms with E-state index >= 15 is 0 Å². The Balaban J connectivity index is 2.14. The summed E-state index contributed by atoms with van der Waals surface area (Å²) in [6, 6.07) is 8.38. The average Bonchev–Trinajstić information content (AvgIpc) is 2.62. The largest absolute Gasteiger partial charge is 0.378 e. The molecule has 0 bridgehead atoms. The van der Waals surface area contributed by atoms with E-state index in [0.717, 1.165) is 25.7 Å². The van der Waals surface area contributed by atoms with Crippen molar-refractivity contribution in [2.45, 2.75) is 13.5 Å². The molecule has 90 valence electrons. The van der Waals surface area contributed by atoms with E-state index in [1.54, 1.807) is 0 Å². The van der Waals surface area contributed by atoms with Crippen molar-refractivity contribution in [3.05, 3.63) is 47.4 Å². The Morgan fingerprint density at radius 2 is 1.76 bits per heavy atom. The Kier molecular flexibility index (Phi) is 4.69. The molecule has 1 aromatic carbocycles. The summed E-state index contributed by atoms with van der Waals surface area (Å²) in [7, 11) is 0. The molecule has 17 heavy (non-hydrogen) atoms. The van der Waals surface area contributed by atoms with Gasteiger partial charge in [-0.1, -0.05) is 15.9 Å². The SMILES string of the molecule is Cc1ccc(CNc2c(Br)cc(Br)cc2Br)s1. The lowest BCUT2D eigenvalue weighted by Crippen LogP contribution is -1.99. The van der Waals surface area contributed by atoms with E-state index in [1.807, 2.05) is 23.5 Å². The second-order valence-corrected chi connectivity index (χ2v) is 7.61. The van der Waals surface area contributed by atoms with Gasteiger partial charge in [0, 0.05) is 29.7 Å². The monoisotopic (exact) mass is 437 g/mol. The normalized spacial score (nSPS) is 10.6. The second kappa shape index (κ2) is 5.87. The molecule has 0 aliphatic rings. The molecular formula is C12H10Br3NS. The lowest BCUT2D eigenvalue weighted by Gasteiger charge is -2.10. The van der Waals surface area contributed by atoms with Crippen LogP contribution < -0.4 is 5.32 Å². The Hall–Kier alpha value is 0.160. The Morgan fingerprint density at radius 3 is 2.29 bits per heavy atom. The first-order chi connectivity index (χ1) is 8.06. The topological polar surface area (TPSA) is 12.0 Å². The third kappa shape index (κ3) is 3.56. The van der Waals surface area contributed by atoms with Gasteiger partial charge in [0.2, 0.25) is 0 Å². The summed E-state index contributed by atoms with van der Waals surface area (Å²) in [6.45, 7) is 2.97. The van der Waals surface area contributed by atoms with E-state index in [9.17, 15) is 0 Å². The van der Waals surface area contributed by atoms with Crippen molar-refractivity contribution in [1.29, 1.82) is 0 Å². The molecule has 1 heterocycles. The number of anilines is 1. The number of thiophene rings is 1. The Morgan fingerprint density at radius 1 is 1.12 bits per heavy atom. The highest BCUT2D eigenvalue weighted by Crippen LogP contribution is 2.34. The van der Waals surface area contributed by atoms with Crippen LogP contribution in [0.25, 0.3) is 0 Å². The van der Waals surface area contributed by atoms with Gasteiger partial charge in [-0.2, -0.15) is 0 Å². The fraction of sp³-hybridized carbons (Fsp3) is 0.167. The lowest BCUT2D eigenvalue weighted by atomic mass is 10.3. The molecular weight excluding hydrogens is 430 g/mol. The number of benzene rings is 1. The van der Waals surface area contributed by atoms with E-state index in [4.69, 9.17) is 0 Å². The van der Waals surface area contributed by atoms with E-state index in [1.165, 1.54) is 9.75 Å². The molecule has 0 fully saturated rings. The molecule has 2 aromatic rings. The summed E-state index contributed by atoms with van der Waals surface area (Å²) in [5.41, 5.74) is 1.08. The van der Waals surface area contributed by atoms with E-state index in [-0.39, 0.29) is 0 Å². The van der Waals surface area contributed by atoms with Gasteiger partial charge in [-0.05, 0) is 63.0 Å². The number of hydrogen-bond acceptors (Lipinski definition) is 2. The first-order valence-corrected chi connectivity index (χ1v) is 8.19. The van der Waals surface area contributed by atoms with Crippen molar-refractivity contribution < 1.29 is 0 Å². The van der Waals surface area contributed by atoms with Crippen LogP contribution in [0.3, 0.4) is 0 Å². The van der Waals surface area contributed by atoms with E-state index in [2.05, 4.69) is 72.2 Å². The molecule has 2 rings (SSSR count). The minimum Gasteiger partial charge on any atom is -0.378 e. The zero-order valence-electron chi connectivity index (χ0n) is 9.06. The number of rotatable bonds is 3. The van der Waals surface area contributed by atoms with Crippen LogP contribution in [0.2, 0.25) is 0 Å². The maximum absolute atomic E-state index is 3.56. The maximum Gasteiger partial charge on any atom is 0.0632 e. The number of aryl methyl sites for hydroxylation is 1. The Labute approximate surface area is 130 Å². The van der Waals surface area contributed by atoms with Crippen LogP contribution in [-0.2, 0) is 6.54 Å². The van der Waals surface area contributed by atoms with Crippen molar-refractivity contribution >= 4 is 64.8 Å². The van der Waals surface area contributed by atoms with E-state index < -0.39 is 0 Å². The van der Waals surface area contributed by atoms with Crippen LogP contribution in [0, 0.1) is 6.92 Å². The van der Waals surface area contributed by atoms with Gasteiger partial charge in [-0.15, -0.1) is 11.3 Å². The third-order valence-electron chi connectivity index (χ3n) is 2.24. The Bertz CT molecular complexity index is 513. The zero-order valence-corrected chi connectivity index (χ0v) is 14.6. The molecule has 5 heteroatoms. The van der Waals surface area contributed by atoms with Crippen molar-refractivity contribution in [2.24, 2.45) is 0 Å². The van der Waals surface area contributed by atoms with Crippen molar-refractivity contribution in [3.63, 3.8) is 0 Å². The molecule has 1 aromatic heterocycles. The molecule has 1 nitrogen and oxygen atoms in total. The predicted molar refractivity (Wildman–Crippen MR) is 85.9 cm³/mol. The summed E-state index contributed by atoms with van der Waals surface area (Å²) in [4.78, 5) is 2.68. The molecule has 0 saturated heterocycles. The highest BCUT2D eigenvalue weighted by Gasteiger charge is 2.06. The molecule has 0 spiro atoms. The molecule has 1 N–H and O–H groups in total. The molecule has 0 radical (unpaired) electrons. The number of hydrogen-bond donors (Lipinski definition) is 1. The standard InChI is InChI=1S/C12H10Br3NS/c1-7-2-3-9(17-7)6-16-12-10(14)4-8(13)5-11(12)15/h2-5,16H,6H2,1H3. The second-order valence-electron chi connectivity index (χ2n) is 3.61. The minimum absolute atomic E-state index is 0.845. The summed E-state index contributed by atoms with van der Waals surface area (Å²) in [6.07, 6.45) is 0. The van der Waals surface area contributed by atoms with Gasteiger partial charge < -0.3 is 5.32 Å². The summed E-state index contributed by atoms with van der Waals surface area (Å²) >= 11 is 12.4. The molecule has 0 aliphatic carbocycles. The summed E-state index contributed by atoms with van der Waals surface area (Å²) in [5.74, 6) is 0. The smallest absolute Gasteiger partial charge is 0.0632 e. The highest BCUT2D eigenvalue weighted by atomic mass is 79.9. The molecule has 0 atom stereocenters. The van der Waals surface area contributed by atoms with Gasteiger partial charge in [-0.3, -0.25) is 0 Å². The van der Waals surface area contributed by atoms with Crippen LogP contribution in [-0.4, -0.2) is 0 Å². The van der Waals surface area contributed by atoms with Crippen LogP contribution in [0.5, 0.6) is 0 Å². The fourth-order valence-corrected chi connectivity index (χ4v) is 4.84. The van der Waals surface area contributed by atoms with Crippen molar-refractivity contribution in [1.82, 2.24) is 0 Å².